The fraction of sp³-hybridized carbons (Fsp3) is 0.176. The first kappa shape index (κ1) is 15.7. The molecule has 124 valence electrons. The lowest BCUT2D eigenvalue weighted by molar-refractivity contribution is 0.0934. The number of carbonyl (C=O) groups excluding carboxylic acids is 2. The van der Waals surface area contributed by atoms with Crippen LogP contribution in [0.25, 0.3) is 10.9 Å². The molecule has 1 aromatic carbocycles. The van der Waals surface area contributed by atoms with Gasteiger partial charge in [0.2, 0.25) is 0 Å². The van der Waals surface area contributed by atoms with Crippen LogP contribution in [0.15, 0.2) is 47.2 Å². The molecule has 0 atom stereocenters. The van der Waals surface area contributed by atoms with E-state index in [9.17, 15) is 9.59 Å². The fourth-order valence-corrected chi connectivity index (χ4v) is 2.49. The lowest BCUT2D eigenvalue weighted by Gasteiger charge is -2.08. The number of hydrogen-bond acceptors (Lipinski definition) is 3. The molecule has 3 aromatic rings. The first-order chi connectivity index (χ1) is 11.6. The van der Waals surface area contributed by atoms with Gasteiger partial charge in [-0.2, -0.15) is 0 Å². The number of rotatable bonds is 4. The number of benzene rings is 1. The third-order valence-electron chi connectivity index (χ3n) is 3.75. The van der Waals surface area contributed by atoms with E-state index in [1.54, 1.807) is 13.0 Å². The van der Waals surface area contributed by atoms with Crippen molar-refractivity contribution in [2.75, 3.05) is 6.54 Å². The Balaban J connectivity index is 1.44. The largest absolute Gasteiger partial charge is 0.469 e. The smallest absolute Gasteiger partial charge is 0.333 e. The molecule has 0 saturated carbocycles. The molecule has 2 aromatic heterocycles. The van der Waals surface area contributed by atoms with Crippen LogP contribution in [0.2, 0.25) is 0 Å². The second-order valence-corrected chi connectivity index (χ2v) is 5.33. The monoisotopic (exact) mass is 326 g/mol. The van der Waals surface area contributed by atoms with E-state index < -0.39 is 11.9 Å². The average molecular weight is 326 g/mol. The second kappa shape index (κ2) is 6.91. The van der Waals surface area contributed by atoms with Crippen LogP contribution in [0.4, 0.5) is 4.79 Å². The molecule has 24 heavy (non-hydrogen) atoms. The van der Waals surface area contributed by atoms with E-state index in [1.165, 1.54) is 6.26 Å². The van der Waals surface area contributed by atoms with Crippen LogP contribution in [0.5, 0.6) is 0 Å². The maximum Gasteiger partial charge on any atom is 0.333 e. The van der Waals surface area contributed by atoms with Crippen LogP contribution >= 0.6 is 0 Å². The summed E-state index contributed by atoms with van der Waals surface area (Å²) in [6.07, 6.45) is 4.05. The minimum atomic E-state index is -0.468. The Bertz CT molecular complexity index is 865. The summed E-state index contributed by atoms with van der Waals surface area (Å²) in [7, 11) is 0. The van der Waals surface area contributed by atoms with Crippen molar-refractivity contribution in [3.63, 3.8) is 0 Å². The minimum Gasteiger partial charge on any atom is -0.469 e. The van der Waals surface area contributed by atoms with Crippen molar-refractivity contribution in [3.05, 3.63) is 59.7 Å². The number of hydrazine groups is 1. The number of para-hydroxylation sites is 1. The topological polar surface area (TPSA) is 99.2 Å². The summed E-state index contributed by atoms with van der Waals surface area (Å²) in [6.45, 7) is 2.13. The number of urea groups is 1. The molecule has 0 fully saturated rings. The Hall–Kier alpha value is -3.22. The molecule has 0 aliphatic heterocycles. The van der Waals surface area contributed by atoms with Crippen LogP contribution in [0.3, 0.4) is 0 Å². The highest BCUT2D eigenvalue weighted by Crippen LogP contribution is 2.17. The number of H-pyrrole nitrogens is 1. The van der Waals surface area contributed by atoms with Crippen molar-refractivity contribution in [3.8, 4) is 0 Å². The number of fused-ring (bicyclic) bond motifs is 1. The van der Waals surface area contributed by atoms with Gasteiger partial charge in [0.25, 0.3) is 5.91 Å². The number of nitrogens with one attached hydrogen (secondary N) is 4. The predicted octanol–water partition coefficient (Wildman–Crippen LogP) is 2.26. The van der Waals surface area contributed by atoms with Crippen LogP contribution in [0.1, 0.15) is 21.7 Å². The molecule has 3 rings (SSSR count). The summed E-state index contributed by atoms with van der Waals surface area (Å²) in [5, 5.41) is 3.84. The van der Waals surface area contributed by atoms with E-state index in [4.69, 9.17) is 4.42 Å². The van der Waals surface area contributed by atoms with E-state index in [0.29, 0.717) is 24.3 Å². The zero-order valence-corrected chi connectivity index (χ0v) is 13.2. The summed E-state index contributed by atoms with van der Waals surface area (Å²) in [5.41, 5.74) is 7.23. The zero-order valence-electron chi connectivity index (χ0n) is 13.2. The molecular formula is C17H18N4O3. The number of carbonyl (C=O) groups is 2. The van der Waals surface area contributed by atoms with Crippen molar-refractivity contribution < 1.29 is 14.0 Å². The van der Waals surface area contributed by atoms with Gasteiger partial charge in [-0.25, -0.2) is 10.2 Å². The van der Waals surface area contributed by atoms with Gasteiger partial charge in [0.15, 0.2) is 0 Å². The molecule has 7 nitrogen and oxygen atoms in total. The summed E-state index contributed by atoms with van der Waals surface area (Å²) >= 11 is 0. The lowest BCUT2D eigenvalue weighted by Crippen LogP contribution is -2.47. The van der Waals surface area contributed by atoms with E-state index in [-0.39, 0.29) is 0 Å². The number of aromatic amines is 1. The van der Waals surface area contributed by atoms with Gasteiger partial charge in [-0.15, -0.1) is 0 Å². The summed E-state index contributed by atoms with van der Waals surface area (Å²) in [6, 6.07) is 9.07. The number of aryl methyl sites for hydroxylation is 1. The van der Waals surface area contributed by atoms with Crippen molar-refractivity contribution in [1.29, 1.82) is 0 Å². The third-order valence-corrected chi connectivity index (χ3v) is 3.75. The molecule has 0 spiro atoms. The Morgan fingerprint density at radius 1 is 1.17 bits per heavy atom. The Kier molecular flexibility index (Phi) is 4.51. The first-order valence-electron chi connectivity index (χ1n) is 7.58. The van der Waals surface area contributed by atoms with Crippen molar-refractivity contribution in [1.82, 2.24) is 21.2 Å². The number of amides is 3. The third kappa shape index (κ3) is 3.40. The molecule has 0 bridgehead atoms. The van der Waals surface area contributed by atoms with Gasteiger partial charge < -0.3 is 14.7 Å². The highest BCUT2D eigenvalue weighted by Gasteiger charge is 2.12. The summed E-state index contributed by atoms with van der Waals surface area (Å²) < 4.78 is 5.04. The summed E-state index contributed by atoms with van der Waals surface area (Å²) in [4.78, 5) is 26.7. The molecule has 2 heterocycles. The van der Waals surface area contributed by atoms with E-state index in [2.05, 4.69) is 21.2 Å². The van der Waals surface area contributed by atoms with Gasteiger partial charge >= 0.3 is 6.03 Å². The van der Waals surface area contributed by atoms with Crippen molar-refractivity contribution >= 4 is 22.8 Å². The zero-order chi connectivity index (χ0) is 16.9. The molecular weight excluding hydrogens is 308 g/mol. The summed E-state index contributed by atoms with van der Waals surface area (Å²) in [5.74, 6) is 0.0714. The highest BCUT2D eigenvalue weighted by atomic mass is 16.3. The van der Waals surface area contributed by atoms with Crippen molar-refractivity contribution in [2.45, 2.75) is 13.3 Å². The van der Waals surface area contributed by atoms with Gasteiger partial charge in [-0.1, -0.05) is 18.2 Å². The lowest BCUT2D eigenvalue weighted by atomic mass is 10.1. The molecule has 0 aliphatic rings. The van der Waals surface area contributed by atoms with Gasteiger partial charge in [0.1, 0.15) is 5.76 Å². The quantitative estimate of drug-likeness (QED) is 0.553. The number of hydrogen-bond donors (Lipinski definition) is 4. The van der Waals surface area contributed by atoms with Gasteiger partial charge in [-0.05, 0) is 31.0 Å². The normalized spacial score (nSPS) is 10.5. The SMILES string of the molecule is Cc1occc1C(=O)NNC(=O)NCCc1c[nH]c2ccccc12. The predicted molar refractivity (Wildman–Crippen MR) is 89.4 cm³/mol. The standard InChI is InChI=1S/C17H18N4O3/c1-11-13(7-9-24-11)16(22)20-21-17(23)18-8-6-12-10-19-15-5-3-2-4-14(12)15/h2-5,7,9-10,19H,6,8H2,1H3,(H,20,22)(H2,18,21,23). The minimum absolute atomic E-state index is 0.383. The van der Waals surface area contributed by atoms with Crippen LogP contribution in [-0.4, -0.2) is 23.5 Å². The second-order valence-electron chi connectivity index (χ2n) is 5.33. The van der Waals surface area contributed by atoms with Gasteiger partial charge in [0.05, 0.1) is 11.8 Å². The van der Waals surface area contributed by atoms with E-state index in [1.807, 2.05) is 30.5 Å². The van der Waals surface area contributed by atoms with Crippen LogP contribution in [-0.2, 0) is 6.42 Å². The van der Waals surface area contributed by atoms with E-state index >= 15 is 0 Å². The Morgan fingerprint density at radius 2 is 2.00 bits per heavy atom. The van der Waals surface area contributed by atoms with Crippen molar-refractivity contribution in [2.24, 2.45) is 0 Å². The Labute approximate surface area is 138 Å². The molecule has 4 N–H and O–H groups in total. The molecule has 0 aliphatic carbocycles. The number of furan rings is 1. The Morgan fingerprint density at radius 3 is 2.79 bits per heavy atom. The molecule has 7 heteroatoms. The van der Waals surface area contributed by atoms with E-state index in [0.717, 1.165) is 16.5 Å². The van der Waals surface area contributed by atoms with Crippen LogP contribution in [0, 0.1) is 6.92 Å². The highest BCUT2D eigenvalue weighted by molar-refractivity contribution is 5.96. The average Bonchev–Trinajstić information content (AvgIpc) is 3.19. The fourth-order valence-electron chi connectivity index (χ4n) is 2.49. The molecule has 0 unspecified atom stereocenters. The van der Waals surface area contributed by atoms with Gasteiger partial charge in [-0.3, -0.25) is 10.2 Å². The molecule has 3 amide bonds. The maximum absolute atomic E-state index is 11.8. The van der Waals surface area contributed by atoms with Crippen LogP contribution < -0.4 is 16.2 Å². The maximum atomic E-state index is 11.8. The molecule has 0 radical (unpaired) electrons. The number of aromatic nitrogens is 1. The van der Waals surface area contributed by atoms with Gasteiger partial charge in [0, 0.05) is 23.6 Å². The molecule has 0 saturated heterocycles. The first-order valence-corrected chi connectivity index (χ1v) is 7.58.